The number of methoxy groups -OCH3 is 1. The highest BCUT2D eigenvalue weighted by Crippen LogP contribution is 2.35. The van der Waals surface area contributed by atoms with Gasteiger partial charge in [-0.15, -0.1) is 0 Å². The summed E-state index contributed by atoms with van der Waals surface area (Å²) in [6.45, 7) is 1.66. The first-order valence-corrected chi connectivity index (χ1v) is 9.45. The van der Waals surface area contributed by atoms with Gasteiger partial charge in [-0.1, -0.05) is 35.9 Å². The maximum Gasteiger partial charge on any atom is 0.338 e. The number of nitrogens with zero attached hydrogens (tertiary/aromatic N) is 1. The molecule has 0 unspecified atom stereocenters. The van der Waals surface area contributed by atoms with Gasteiger partial charge in [0.2, 0.25) is 5.91 Å². The van der Waals surface area contributed by atoms with Crippen LogP contribution in [-0.4, -0.2) is 43.1 Å². The molecule has 154 valence electrons. The fourth-order valence-corrected chi connectivity index (χ4v) is 3.53. The van der Waals surface area contributed by atoms with Crippen LogP contribution in [0, 0.1) is 6.92 Å². The highest BCUT2D eigenvalue weighted by molar-refractivity contribution is 6.00. The zero-order valence-corrected chi connectivity index (χ0v) is 16.6. The molecule has 0 bridgehead atoms. The maximum absolute atomic E-state index is 12.8. The number of carbonyl (C=O) groups is 3. The predicted octanol–water partition coefficient (Wildman–Crippen LogP) is 2.52. The average Bonchev–Trinajstić information content (AvgIpc) is 3.12. The molecular weight excluding hydrogens is 386 g/mol. The average molecular weight is 407 g/mol. The molecule has 8 nitrogen and oxygen atoms in total. The number of esters is 1. The molecule has 0 aliphatic carbocycles. The lowest BCUT2D eigenvalue weighted by molar-refractivity contribution is -0.136. The number of hydrogen-bond acceptors (Lipinski definition) is 5. The van der Waals surface area contributed by atoms with E-state index >= 15 is 0 Å². The molecule has 0 fully saturated rings. The van der Waals surface area contributed by atoms with Gasteiger partial charge >= 0.3 is 12.0 Å². The second-order valence-electron chi connectivity index (χ2n) is 7.10. The SMILES string of the molecule is COc1cccc(NC(=O)CN2C(=O)N[C@@H](c3ccc(C)cc3)C3=C2COC3=O)c1. The van der Waals surface area contributed by atoms with Gasteiger partial charge in [-0.2, -0.15) is 0 Å². The lowest BCUT2D eigenvalue weighted by Crippen LogP contribution is -2.49. The first-order chi connectivity index (χ1) is 14.5. The van der Waals surface area contributed by atoms with Gasteiger partial charge in [0.1, 0.15) is 18.9 Å². The van der Waals surface area contributed by atoms with Crippen molar-refractivity contribution in [3.8, 4) is 5.75 Å². The molecule has 3 amide bonds. The number of rotatable bonds is 5. The molecule has 2 aromatic carbocycles. The van der Waals surface area contributed by atoms with E-state index in [0.717, 1.165) is 11.1 Å². The van der Waals surface area contributed by atoms with Gasteiger partial charge in [0.25, 0.3) is 0 Å². The first-order valence-electron chi connectivity index (χ1n) is 9.45. The Hall–Kier alpha value is -3.81. The smallest absolute Gasteiger partial charge is 0.338 e. The number of hydrogen-bond donors (Lipinski definition) is 2. The summed E-state index contributed by atoms with van der Waals surface area (Å²) in [5.41, 5.74) is 3.16. The van der Waals surface area contributed by atoms with E-state index in [9.17, 15) is 14.4 Å². The summed E-state index contributed by atoms with van der Waals surface area (Å²) in [6.07, 6.45) is 0. The number of anilines is 1. The molecule has 0 radical (unpaired) electrons. The first kappa shape index (κ1) is 19.5. The number of cyclic esters (lactones) is 1. The Bertz CT molecular complexity index is 1040. The maximum atomic E-state index is 12.8. The summed E-state index contributed by atoms with van der Waals surface area (Å²) >= 11 is 0. The van der Waals surface area contributed by atoms with E-state index in [1.165, 1.54) is 12.0 Å². The van der Waals surface area contributed by atoms with Gasteiger partial charge in [-0.05, 0) is 24.6 Å². The summed E-state index contributed by atoms with van der Waals surface area (Å²) in [5, 5.41) is 5.56. The van der Waals surface area contributed by atoms with E-state index in [1.54, 1.807) is 24.3 Å². The molecule has 0 saturated carbocycles. The number of aryl methyl sites for hydroxylation is 1. The number of amides is 3. The number of benzene rings is 2. The lowest BCUT2D eigenvalue weighted by Gasteiger charge is -2.32. The highest BCUT2D eigenvalue weighted by Gasteiger charge is 2.42. The summed E-state index contributed by atoms with van der Waals surface area (Å²) in [7, 11) is 1.54. The number of nitrogens with one attached hydrogen (secondary N) is 2. The third-order valence-electron chi connectivity index (χ3n) is 5.06. The van der Waals surface area contributed by atoms with Crippen LogP contribution in [0.5, 0.6) is 5.75 Å². The molecular formula is C22H21N3O5. The van der Waals surface area contributed by atoms with Crippen molar-refractivity contribution in [2.45, 2.75) is 13.0 Å². The van der Waals surface area contributed by atoms with E-state index in [-0.39, 0.29) is 13.2 Å². The number of ether oxygens (including phenoxy) is 2. The number of carbonyl (C=O) groups excluding carboxylic acids is 3. The van der Waals surface area contributed by atoms with E-state index < -0.39 is 23.9 Å². The van der Waals surface area contributed by atoms with Crippen LogP contribution in [0.2, 0.25) is 0 Å². The molecule has 2 aromatic rings. The Morgan fingerprint density at radius 1 is 1.23 bits per heavy atom. The van der Waals surface area contributed by atoms with E-state index in [1.807, 2.05) is 31.2 Å². The standard InChI is InChI=1S/C22H21N3O5/c1-13-6-8-14(9-7-13)20-19-17(12-30-21(19)27)25(22(28)24-20)11-18(26)23-15-4-3-5-16(10-15)29-2/h3-10,20H,11-12H2,1-2H3,(H,23,26)(H,24,28)/t20-/m0/s1. The topological polar surface area (TPSA) is 97.0 Å². The van der Waals surface area contributed by atoms with Gasteiger partial charge in [0, 0.05) is 11.8 Å². The van der Waals surface area contributed by atoms with Gasteiger partial charge in [-0.25, -0.2) is 9.59 Å². The van der Waals surface area contributed by atoms with Crippen molar-refractivity contribution < 1.29 is 23.9 Å². The van der Waals surface area contributed by atoms with Crippen LogP contribution >= 0.6 is 0 Å². The van der Waals surface area contributed by atoms with Crippen LogP contribution in [0.4, 0.5) is 10.5 Å². The fourth-order valence-electron chi connectivity index (χ4n) is 3.53. The quantitative estimate of drug-likeness (QED) is 0.743. The molecule has 0 aromatic heterocycles. The van der Waals surface area contributed by atoms with Crippen LogP contribution < -0.4 is 15.4 Å². The Morgan fingerprint density at radius 2 is 2.00 bits per heavy atom. The van der Waals surface area contributed by atoms with Crippen LogP contribution in [0.3, 0.4) is 0 Å². The molecule has 1 atom stereocenters. The van der Waals surface area contributed by atoms with E-state index in [4.69, 9.17) is 9.47 Å². The Kier molecular flexibility index (Phi) is 5.14. The fraction of sp³-hybridized carbons (Fsp3) is 0.227. The monoisotopic (exact) mass is 407 g/mol. The summed E-state index contributed by atoms with van der Waals surface area (Å²) in [6, 6.07) is 13.4. The van der Waals surface area contributed by atoms with Gasteiger partial charge in [0.05, 0.1) is 24.4 Å². The van der Waals surface area contributed by atoms with Crippen molar-refractivity contribution in [2.24, 2.45) is 0 Å². The Labute approximate surface area is 173 Å². The summed E-state index contributed by atoms with van der Waals surface area (Å²) < 4.78 is 10.3. The summed E-state index contributed by atoms with van der Waals surface area (Å²) in [5.74, 6) is -0.295. The van der Waals surface area contributed by atoms with Crippen molar-refractivity contribution in [3.05, 3.63) is 70.9 Å². The second kappa shape index (κ2) is 7.90. The second-order valence-corrected chi connectivity index (χ2v) is 7.10. The van der Waals surface area contributed by atoms with Crippen LogP contribution in [0.15, 0.2) is 59.8 Å². The minimum absolute atomic E-state index is 0.0453. The molecule has 0 spiro atoms. The third kappa shape index (κ3) is 3.71. The van der Waals surface area contributed by atoms with Crippen LogP contribution in [-0.2, 0) is 14.3 Å². The van der Waals surface area contributed by atoms with E-state index in [2.05, 4.69) is 10.6 Å². The predicted molar refractivity (Wildman–Crippen MR) is 109 cm³/mol. The van der Waals surface area contributed by atoms with Gasteiger partial charge < -0.3 is 20.1 Å². The van der Waals surface area contributed by atoms with Gasteiger partial charge in [0.15, 0.2) is 0 Å². The molecule has 8 heteroatoms. The Balaban J connectivity index is 1.57. The summed E-state index contributed by atoms with van der Waals surface area (Å²) in [4.78, 5) is 39.0. The Morgan fingerprint density at radius 3 is 2.73 bits per heavy atom. The highest BCUT2D eigenvalue weighted by atomic mass is 16.5. The van der Waals surface area contributed by atoms with Crippen LogP contribution in [0.25, 0.3) is 0 Å². The largest absolute Gasteiger partial charge is 0.497 e. The van der Waals surface area contributed by atoms with Crippen molar-refractivity contribution in [2.75, 3.05) is 25.6 Å². The molecule has 2 heterocycles. The van der Waals surface area contributed by atoms with Crippen molar-refractivity contribution in [1.82, 2.24) is 10.2 Å². The zero-order chi connectivity index (χ0) is 21.3. The molecule has 2 aliphatic heterocycles. The molecule has 30 heavy (non-hydrogen) atoms. The third-order valence-corrected chi connectivity index (χ3v) is 5.06. The molecule has 2 aliphatic rings. The number of urea groups is 1. The normalized spacial score (nSPS) is 17.9. The molecule has 4 rings (SSSR count). The van der Waals surface area contributed by atoms with Crippen molar-refractivity contribution in [1.29, 1.82) is 0 Å². The molecule has 0 saturated heterocycles. The zero-order valence-electron chi connectivity index (χ0n) is 16.6. The lowest BCUT2D eigenvalue weighted by atomic mass is 9.95. The minimum atomic E-state index is -0.610. The van der Waals surface area contributed by atoms with Gasteiger partial charge in [-0.3, -0.25) is 9.69 Å². The van der Waals surface area contributed by atoms with Crippen molar-refractivity contribution >= 4 is 23.6 Å². The van der Waals surface area contributed by atoms with Crippen molar-refractivity contribution in [3.63, 3.8) is 0 Å². The minimum Gasteiger partial charge on any atom is -0.497 e. The van der Waals surface area contributed by atoms with Crippen LogP contribution in [0.1, 0.15) is 17.2 Å². The molecule has 2 N–H and O–H groups in total. The van der Waals surface area contributed by atoms with E-state index in [0.29, 0.717) is 22.7 Å².